The maximum atomic E-state index is 6.40. The van der Waals surface area contributed by atoms with Crippen molar-refractivity contribution < 1.29 is 0 Å². The van der Waals surface area contributed by atoms with E-state index in [9.17, 15) is 0 Å². The molecule has 0 aliphatic carbocycles. The van der Waals surface area contributed by atoms with Crippen LogP contribution in [0, 0.1) is 0 Å². The largest absolute Gasteiger partial charge is 0.295 e. The maximum Gasteiger partial charge on any atom is 0.115 e. The third kappa shape index (κ3) is 2.66. The van der Waals surface area contributed by atoms with Gasteiger partial charge in [0, 0.05) is 23.0 Å². The van der Waals surface area contributed by atoms with Crippen LogP contribution < -0.4 is 0 Å². The first-order chi connectivity index (χ1) is 10.1. The van der Waals surface area contributed by atoms with Crippen LogP contribution in [0.15, 0.2) is 35.1 Å². The highest BCUT2D eigenvalue weighted by atomic mass is 79.9. The number of pyridine rings is 1. The van der Waals surface area contributed by atoms with Crippen molar-refractivity contribution in [1.82, 2.24) is 14.5 Å². The number of nitrogens with zero attached hydrogens (tertiary/aromatic N) is 3. The van der Waals surface area contributed by atoms with Crippen LogP contribution in [0.3, 0.4) is 0 Å². The van der Waals surface area contributed by atoms with E-state index in [1.54, 1.807) is 12.4 Å². The monoisotopic (exact) mass is 403 g/mol. The van der Waals surface area contributed by atoms with Crippen molar-refractivity contribution >= 4 is 61.8 Å². The molecule has 1 aromatic carbocycles. The van der Waals surface area contributed by atoms with Crippen LogP contribution in [0.1, 0.15) is 5.82 Å². The van der Waals surface area contributed by atoms with Crippen molar-refractivity contribution in [2.75, 3.05) is 5.88 Å². The van der Waals surface area contributed by atoms with Gasteiger partial charge in [-0.1, -0.05) is 23.2 Å². The summed E-state index contributed by atoms with van der Waals surface area (Å²) in [4.78, 5) is 8.67. The summed E-state index contributed by atoms with van der Waals surface area (Å²) >= 11 is 21.9. The lowest BCUT2D eigenvalue weighted by Crippen LogP contribution is -2.03. The Hall–Kier alpha value is -0.810. The summed E-state index contributed by atoms with van der Waals surface area (Å²) in [7, 11) is 0. The van der Waals surface area contributed by atoms with Gasteiger partial charge in [-0.15, -0.1) is 11.6 Å². The molecule has 0 spiro atoms. The van der Waals surface area contributed by atoms with Gasteiger partial charge >= 0.3 is 0 Å². The Balaban J connectivity index is 2.33. The molecule has 0 atom stereocenters. The normalized spacial score (nSPS) is 11.2. The quantitative estimate of drug-likeness (QED) is 0.439. The van der Waals surface area contributed by atoms with Gasteiger partial charge in [0.1, 0.15) is 11.3 Å². The molecule has 0 radical (unpaired) electrons. The summed E-state index contributed by atoms with van der Waals surface area (Å²) in [5, 5.41) is 0.944. The molecule has 0 fully saturated rings. The molecule has 3 nitrogen and oxygen atoms in total. The zero-order chi connectivity index (χ0) is 15.0. The second-order valence-corrected chi connectivity index (χ2v) is 6.35. The SMILES string of the molecule is ClCCc1nc2cnccc2n1-c1ccc(Br)c(Cl)c1Cl. The average molecular weight is 406 g/mol. The fourth-order valence-electron chi connectivity index (χ4n) is 2.19. The Kier molecular flexibility index (Phi) is 4.41. The van der Waals surface area contributed by atoms with E-state index >= 15 is 0 Å². The summed E-state index contributed by atoms with van der Waals surface area (Å²) in [6, 6.07) is 5.66. The molecular weight excluding hydrogens is 396 g/mol. The number of halogens is 4. The predicted molar refractivity (Wildman–Crippen MR) is 91.0 cm³/mol. The van der Waals surface area contributed by atoms with Gasteiger partial charge in [0.05, 0.1) is 27.4 Å². The first kappa shape index (κ1) is 15.1. The van der Waals surface area contributed by atoms with Crippen molar-refractivity contribution in [1.29, 1.82) is 0 Å². The van der Waals surface area contributed by atoms with E-state index in [0.717, 1.165) is 27.0 Å². The number of benzene rings is 1. The first-order valence-corrected chi connectivity index (χ1v) is 8.23. The minimum atomic E-state index is 0.470. The fraction of sp³-hybridized carbons (Fsp3) is 0.143. The van der Waals surface area contributed by atoms with Gasteiger partial charge in [0.2, 0.25) is 0 Å². The number of aryl methyl sites for hydroxylation is 1. The Morgan fingerprint density at radius 3 is 2.71 bits per heavy atom. The third-order valence-electron chi connectivity index (χ3n) is 3.10. The van der Waals surface area contributed by atoms with E-state index in [-0.39, 0.29) is 0 Å². The summed E-state index contributed by atoms with van der Waals surface area (Å²) in [5.41, 5.74) is 2.50. The van der Waals surface area contributed by atoms with Crippen molar-refractivity contribution in [3.05, 3.63) is 50.9 Å². The Morgan fingerprint density at radius 2 is 1.95 bits per heavy atom. The molecule has 0 aliphatic rings. The number of imidazole rings is 1. The van der Waals surface area contributed by atoms with Gasteiger partial charge in [-0.3, -0.25) is 9.55 Å². The smallest absolute Gasteiger partial charge is 0.115 e. The lowest BCUT2D eigenvalue weighted by atomic mass is 10.3. The topological polar surface area (TPSA) is 30.7 Å². The van der Waals surface area contributed by atoms with E-state index in [1.807, 2.05) is 22.8 Å². The molecular formula is C14H9BrCl3N3. The molecule has 0 saturated carbocycles. The molecule has 21 heavy (non-hydrogen) atoms. The van der Waals surface area contributed by atoms with E-state index in [0.29, 0.717) is 22.3 Å². The van der Waals surface area contributed by atoms with E-state index in [1.165, 1.54) is 0 Å². The first-order valence-electron chi connectivity index (χ1n) is 6.14. The van der Waals surface area contributed by atoms with Crippen molar-refractivity contribution in [2.24, 2.45) is 0 Å². The number of fused-ring (bicyclic) bond motifs is 1. The molecule has 7 heteroatoms. The maximum absolute atomic E-state index is 6.40. The summed E-state index contributed by atoms with van der Waals surface area (Å²) in [6.07, 6.45) is 4.07. The lowest BCUT2D eigenvalue weighted by molar-refractivity contribution is 0.912. The summed E-state index contributed by atoms with van der Waals surface area (Å²) in [5.74, 6) is 1.30. The molecule has 2 aromatic heterocycles. The number of rotatable bonds is 3. The van der Waals surface area contributed by atoms with Gasteiger partial charge in [-0.2, -0.15) is 0 Å². The van der Waals surface area contributed by atoms with Crippen molar-refractivity contribution in [2.45, 2.75) is 6.42 Å². The molecule has 2 heterocycles. The van der Waals surface area contributed by atoms with E-state index < -0.39 is 0 Å². The number of alkyl halides is 1. The second kappa shape index (κ2) is 6.13. The predicted octanol–water partition coefficient (Wildman–Crippen LogP) is 5.27. The fourth-order valence-corrected chi connectivity index (χ4v) is 3.21. The standard InChI is InChI=1S/C14H9BrCl3N3/c15-8-1-2-11(14(18)13(8)17)21-10-4-6-19-7-9(10)20-12(21)3-5-16/h1-2,4,6-7H,3,5H2. The lowest BCUT2D eigenvalue weighted by Gasteiger charge is -2.12. The highest BCUT2D eigenvalue weighted by Gasteiger charge is 2.17. The van der Waals surface area contributed by atoms with Crippen LogP contribution in [0.2, 0.25) is 10.0 Å². The number of hydrogen-bond acceptors (Lipinski definition) is 2. The molecule has 0 N–H and O–H groups in total. The molecule has 0 saturated heterocycles. The highest BCUT2D eigenvalue weighted by molar-refractivity contribution is 9.10. The highest BCUT2D eigenvalue weighted by Crippen LogP contribution is 2.36. The van der Waals surface area contributed by atoms with E-state index in [4.69, 9.17) is 34.8 Å². The molecule has 0 aliphatic heterocycles. The van der Waals surface area contributed by atoms with Gasteiger partial charge in [-0.05, 0) is 34.1 Å². The van der Waals surface area contributed by atoms with Gasteiger partial charge in [-0.25, -0.2) is 4.98 Å². The van der Waals surface area contributed by atoms with Crippen LogP contribution >= 0.6 is 50.7 Å². The van der Waals surface area contributed by atoms with Crippen molar-refractivity contribution in [3.8, 4) is 5.69 Å². The van der Waals surface area contributed by atoms with Crippen LogP contribution in [-0.2, 0) is 6.42 Å². The van der Waals surface area contributed by atoms with Crippen LogP contribution in [-0.4, -0.2) is 20.4 Å². The molecule has 0 bridgehead atoms. The Morgan fingerprint density at radius 1 is 1.14 bits per heavy atom. The van der Waals surface area contributed by atoms with Crippen LogP contribution in [0.4, 0.5) is 0 Å². The summed E-state index contributed by atoms with van der Waals surface area (Å²) < 4.78 is 2.72. The minimum absolute atomic E-state index is 0.470. The Labute approximate surface area is 145 Å². The Bertz CT molecular complexity index is 817. The molecule has 108 valence electrons. The molecule has 0 amide bonds. The number of hydrogen-bond donors (Lipinski definition) is 0. The van der Waals surface area contributed by atoms with Crippen LogP contribution in [0.25, 0.3) is 16.7 Å². The zero-order valence-electron chi connectivity index (χ0n) is 10.7. The number of aromatic nitrogens is 3. The van der Waals surface area contributed by atoms with Crippen molar-refractivity contribution in [3.63, 3.8) is 0 Å². The van der Waals surface area contributed by atoms with E-state index in [2.05, 4.69) is 25.9 Å². The summed E-state index contributed by atoms with van der Waals surface area (Å²) in [6.45, 7) is 0. The molecule has 0 unspecified atom stereocenters. The molecule has 3 aromatic rings. The molecule has 3 rings (SSSR count). The zero-order valence-corrected chi connectivity index (χ0v) is 14.5. The average Bonchev–Trinajstić information content (AvgIpc) is 2.84. The second-order valence-electron chi connectivity index (χ2n) is 4.36. The minimum Gasteiger partial charge on any atom is -0.295 e. The van der Waals surface area contributed by atoms with Gasteiger partial charge in [0.15, 0.2) is 0 Å². The van der Waals surface area contributed by atoms with Gasteiger partial charge in [0.25, 0.3) is 0 Å². The van der Waals surface area contributed by atoms with Crippen LogP contribution in [0.5, 0.6) is 0 Å². The third-order valence-corrected chi connectivity index (χ3v) is 5.05. The van der Waals surface area contributed by atoms with Gasteiger partial charge < -0.3 is 0 Å².